The molecule has 7 rings (SSSR count). The number of carbonyl (C=O) groups is 1. The van der Waals surface area contributed by atoms with Gasteiger partial charge in [0.15, 0.2) is 5.15 Å². The monoisotopic (exact) mass is 641 g/mol. The first-order valence-corrected chi connectivity index (χ1v) is 14.9. The maximum atomic E-state index is 13.8. The lowest BCUT2D eigenvalue weighted by Gasteiger charge is -2.22. The van der Waals surface area contributed by atoms with Crippen molar-refractivity contribution < 1.29 is 4.79 Å². The van der Waals surface area contributed by atoms with Crippen LogP contribution in [0.4, 0.5) is 5.69 Å². The Morgan fingerprint density at radius 2 is 1.89 bits per heavy atom. The topological polar surface area (TPSA) is 154 Å². The van der Waals surface area contributed by atoms with Crippen LogP contribution in [0.25, 0.3) is 34.0 Å². The zero-order valence-electron chi connectivity index (χ0n) is 23.8. The molecule has 6 heterocycles. The molecule has 0 radical (unpaired) electrons. The van der Waals surface area contributed by atoms with Crippen molar-refractivity contribution >= 4 is 34.8 Å². The minimum atomic E-state index is -0.450. The first-order valence-electron chi connectivity index (χ1n) is 14.2. The van der Waals surface area contributed by atoms with Crippen LogP contribution in [-0.2, 0) is 4.79 Å². The molecule has 1 amide bonds. The third-order valence-electron chi connectivity index (χ3n) is 7.82. The lowest BCUT2D eigenvalue weighted by atomic mass is 9.97. The van der Waals surface area contributed by atoms with Crippen molar-refractivity contribution in [3.05, 3.63) is 99.8 Å². The van der Waals surface area contributed by atoms with Gasteiger partial charge in [0.25, 0.3) is 5.56 Å². The normalized spacial score (nSPS) is 16.8. The van der Waals surface area contributed by atoms with Gasteiger partial charge in [-0.05, 0) is 43.2 Å². The number of amides is 1. The van der Waals surface area contributed by atoms with E-state index in [4.69, 9.17) is 28.2 Å². The molecule has 13 nitrogen and oxygen atoms in total. The molecule has 2 atom stereocenters. The number of halogens is 2. The Kier molecular flexibility index (Phi) is 7.47. The van der Waals surface area contributed by atoms with Gasteiger partial charge in [-0.2, -0.15) is 10.2 Å². The standard InChI is InChI=1S/C30H25Cl2N11O2/c1-17-3-2-4-25(22-11-18(7-9-33-22)29-23(37-30(17)45)14-36-43(29)27-8-10-35-39-27)41-16-34-21(13-28(41)44)20-12-19(31)5-6-24(20)42-15-26(32)38-40-42/h5-17,25H,2-4H2,1H3,(H,35,39)(H,37,45)/t17-,25+/m1/s1. The average molecular weight is 643 g/mol. The van der Waals surface area contributed by atoms with Crippen molar-refractivity contribution in [2.75, 3.05) is 5.32 Å². The van der Waals surface area contributed by atoms with E-state index < -0.39 is 6.04 Å². The number of nitrogens with zero attached hydrogens (tertiary/aromatic N) is 9. The van der Waals surface area contributed by atoms with E-state index in [1.165, 1.54) is 17.1 Å². The van der Waals surface area contributed by atoms with Gasteiger partial charge >= 0.3 is 0 Å². The van der Waals surface area contributed by atoms with Gasteiger partial charge in [0, 0.05) is 40.4 Å². The zero-order valence-corrected chi connectivity index (χ0v) is 25.3. The van der Waals surface area contributed by atoms with Crippen LogP contribution in [0.1, 0.15) is 37.9 Å². The summed E-state index contributed by atoms with van der Waals surface area (Å²) in [5, 5.41) is 23.2. The minimum Gasteiger partial charge on any atom is -0.323 e. The predicted molar refractivity (Wildman–Crippen MR) is 168 cm³/mol. The molecule has 0 aliphatic carbocycles. The van der Waals surface area contributed by atoms with Gasteiger partial charge in [-0.15, -0.1) is 5.10 Å². The number of anilines is 1. The second-order valence-corrected chi connectivity index (χ2v) is 11.6. The Bertz CT molecular complexity index is 2080. The number of benzene rings is 1. The first-order chi connectivity index (χ1) is 21.9. The highest BCUT2D eigenvalue weighted by molar-refractivity contribution is 6.31. The molecule has 6 aromatic rings. The molecule has 15 heteroatoms. The smallest absolute Gasteiger partial charge is 0.254 e. The Labute approximate surface area is 265 Å². The summed E-state index contributed by atoms with van der Waals surface area (Å²) in [5.41, 5.74) is 3.98. The highest BCUT2D eigenvalue weighted by atomic mass is 35.5. The highest BCUT2D eigenvalue weighted by Crippen LogP contribution is 2.34. The Hall–Kier alpha value is -5.14. The van der Waals surface area contributed by atoms with Crippen molar-refractivity contribution in [3.63, 3.8) is 0 Å². The molecule has 2 N–H and O–H groups in total. The first kappa shape index (κ1) is 28.6. The molecule has 0 saturated carbocycles. The summed E-state index contributed by atoms with van der Waals surface area (Å²) < 4.78 is 4.76. The fraction of sp³-hybridized carbons (Fsp3) is 0.200. The van der Waals surface area contributed by atoms with Gasteiger partial charge < -0.3 is 5.32 Å². The van der Waals surface area contributed by atoms with Crippen molar-refractivity contribution in [2.24, 2.45) is 5.92 Å². The van der Waals surface area contributed by atoms with E-state index in [-0.39, 0.29) is 22.5 Å². The SMILES string of the molecule is C[C@@H]1CCC[C@H](n2cnc(-c3cc(Cl)ccc3-n3cc(Cl)nn3)cc2=O)c2cc(ccn2)-c2c(cnn2-c2ccn[nH]2)NC1=O. The van der Waals surface area contributed by atoms with Gasteiger partial charge in [0.05, 0.1) is 59.4 Å². The summed E-state index contributed by atoms with van der Waals surface area (Å²) >= 11 is 12.4. The van der Waals surface area contributed by atoms with Crippen molar-refractivity contribution in [2.45, 2.75) is 32.2 Å². The Balaban J connectivity index is 1.33. The van der Waals surface area contributed by atoms with Gasteiger partial charge in [0.1, 0.15) is 5.82 Å². The van der Waals surface area contributed by atoms with E-state index in [0.717, 1.165) is 5.56 Å². The van der Waals surface area contributed by atoms with Gasteiger partial charge in [-0.1, -0.05) is 41.8 Å². The van der Waals surface area contributed by atoms with E-state index in [2.05, 4.69) is 35.9 Å². The van der Waals surface area contributed by atoms with E-state index in [1.54, 1.807) is 58.3 Å². The van der Waals surface area contributed by atoms with Crippen LogP contribution in [0.5, 0.6) is 0 Å². The minimum absolute atomic E-state index is 0.110. The largest absolute Gasteiger partial charge is 0.323 e. The van der Waals surface area contributed by atoms with E-state index in [9.17, 15) is 9.59 Å². The average Bonchev–Trinajstić information content (AvgIpc) is 3.81. The number of hydrogen-bond donors (Lipinski definition) is 2. The van der Waals surface area contributed by atoms with Crippen LogP contribution >= 0.6 is 23.2 Å². The number of hydrogen-bond acceptors (Lipinski definition) is 8. The number of nitrogens with one attached hydrogen (secondary N) is 2. The number of H-pyrrole nitrogens is 1. The second-order valence-electron chi connectivity index (χ2n) is 10.7. The summed E-state index contributed by atoms with van der Waals surface area (Å²) in [6.07, 6.45) is 9.86. The predicted octanol–water partition coefficient (Wildman–Crippen LogP) is 5.12. The molecule has 1 aromatic carbocycles. The Morgan fingerprint density at radius 1 is 1.00 bits per heavy atom. The molecular formula is C30H25Cl2N11O2. The summed E-state index contributed by atoms with van der Waals surface area (Å²) in [5.74, 6) is 0.245. The van der Waals surface area contributed by atoms with Crippen molar-refractivity contribution in [1.82, 2.24) is 49.5 Å². The molecule has 0 unspecified atom stereocenters. The van der Waals surface area contributed by atoms with Crippen LogP contribution in [0.3, 0.4) is 0 Å². The fourth-order valence-corrected chi connectivity index (χ4v) is 5.84. The number of pyridine rings is 1. The van der Waals surface area contributed by atoms with E-state index >= 15 is 0 Å². The third kappa shape index (κ3) is 5.51. The van der Waals surface area contributed by atoms with Crippen LogP contribution < -0.4 is 10.9 Å². The Morgan fingerprint density at radius 3 is 2.67 bits per heavy atom. The summed E-state index contributed by atoms with van der Waals surface area (Å²) in [6, 6.07) is 11.8. The molecule has 1 aliphatic rings. The van der Waals surface area contributed by atoms with Gasteiger partial charge in [-0.3, -0.25) is 24.2 Å². The zero-order chi connectivity index (χ0) is 31.1. The van der Waals surface area contributed by atoms with Crippen LogP contribution in [-0.4, -0.2) is 55.4 Å². The van der Waals surface area contributed by atoms with Crippen LogP contribution in [0.2, 0.25) is 10.2 Å². The number of rotatable bonds is 4. The quantitative estimate of drug-likeness (QED) is 0.269. The molecular weight excluding hydrogens is 617 g/mol. The lowest BCUT2D eigenvalue weighted by molar-refractivity contribution is -0.119. The number of aromatic nitrogens is 10. The molecule has 0 fully saturated rings. The third-order valence-corrected chi connectivity index (χ3v) is 8.23. The molecule has 45 heavy (non-hydrogen) atoms. The molecule has 2 bridgehead atoms. The summed E-state index contributed by atoms with van der Waals surface area (Å²) in [6.45, 7) is 1.89. The van der Waals surface area contributed by atoms with Crippen molar-refractivity contribution in [1.29, 1.82) is 0 Å². The molecule has 1 aliphatic heterocycles. The second kappa shape index (κ2) is 11.7. The summed E-state index contributed by atoms with van der Waals surface area (Å²) in [7, 11) is 0. The highest BCUT2D eigenvalue weighted by Gasteiger charge is 2.25. The molecule has 5 aromatic heterocycles. The maximum Gasteiger partial charge on any atom is 0.254 e. The summed E-state index contributed by atoms with van der Waals surface area (Å²) in [4.78, 5) is 36.4. The lowest BCUT2D eigenvalue weighted by Crippen LogP contribution is -2.27. The maximum absolute atomic E-state index is 13.8. The van der Waals surface area contributed by atoms with Crippen LogP contribution in [0, 0.1) is 5.92 Å². The number of carbonyl (C=O) groups excluding carboxylic acids is 1. The number of fused-ring (bicyclic) bond motifs is 4. The van der Waals surface area contributed by atoms with E-state index in [0.29, 0.717) is 64.1 Å². The van der Waals surface area contributed by atoms with Gasteiger partial charge in [0.2, 0.25) is 5.91 Å². The van der Waals surface area contributed by atoms with Crippen LogP contribution in [0.15, 0.2) is 78.4 Å². The van der Waals surface area contributed by atoms with E-state index in [1.807, 2.05) is 19.1 Å². The molecule has 0 spiro atoms. The fourth-order valence-electron chi connectivity index (χ4n) is 5.54. The molecule has 226 valence electrons. The number of aromatic amines is 1. The van der Waals surface area contributed by atoms with Gasteiger partial charge in [-0.25, -0.2) is 14.3 Å². The van der Waals surface area contributed by atoms with Crippen molar-refractivity contribution in [3.8, 4) is 34.0 Å². The molecule has 0 saturated heterocycles.